The van der Waals surface area contributed by atoms with Gasteiger partial charge in [0.15, 0.2) is 0 Å². The van der Waals surface area contributed by atoms with Crippen LogP contribution >= 0.6 is 0 Å². The van der Waals surface area contributed by atoms with E-state index in [9.17, 15) is 19.8 Å². The molecule has 1 saturated carbocycles. The minimum atomic E-state index is -1.09. The number of rotatable bonds is 12. The Labute approximate surface area is 145 Å². The third kappa shape index (κ3) is 9.26. The summed E-state index contributed by atoms with van der Waals surface area (Å²) < 4.78 is 5.36. The van der Waals surface area contributed by atoms with Gasteiger partial charge in [-0.05, 0) is 31.6 Å². The van der Waals surface area contributed by atoms with Crippen LogP contribution in [-0.4, -0.2) is 29.3 Å². The van der Waals surface area contributed by atoms with Crippen LogP contribution in [0.25, 0.3) is 0 Å². The minimum Gasteiger partial charge on any atom is -0.460 e. The molecule has 0 aromatic carbocycles. The number of hydrogen-bond acceptors (Lipinski definition) is 4. The number of carbonyl (C=O) groups excluding carboxylic acids is 2. The van der Waals surface area contributed by atoms with E-state index in [2.05, 4.69) is 6.92 Å². The van der Waals surface area contributed by atoms with Crippen molar-refractivity contribution in [2.24, 2.45) is 5.92 Å². The van der Waals surface area contributed by atoms with Crippen molar-refractivity contribution in [3.05, 3.63) is 0 Å². The highest BCUT2D eigenvalue weighted by Crippen LogP contribution is 2.29. The first-order valence-electron chi connectivity index (χ1n) is 9.60. The zero-order chi connectivity index (χ0) is 17.8. The number of hydrogen-bond donors (Lipinski definition) is 1. The molecule has 0 spiro atoms. The lowest BCUT2D eigenvalue weighted by Gasteiger charge is -2.31. The van der Waals surface area contributed by atoms with Crippen molar-refractivity contribution in [2.45, 2.75) is 103 Å². The monoisotopic (exact) mass is 341 g/mol. The SMILES string of the molecule is CCCCCCCCCCC(=O)OC1CCC(CC([O])=O)CC1O. The molecule has 0 amide bonds. The molecule has 1 radical (unpaired) electrons. The molecule has 1 N–H and O–H groups in total. The predicted molar refractivity (Wildman–Crippen MR) is 90.8 cm³/mol. The Balaban J connectivity index is 2.07. The van der Waals surface area contributed by atoms with Crippen molar-refractivity contribution in [1.82, 2.24) is 0 Å². The van der Waals surface area contributed by atoms with Crippen LogP contribution in [0, 0.1) is 5.92 Å². The van der Waals surface area contributed by atoms with Crippen molar-refractivity contribution < 1.29 is 24.5 Å². The van der Waals surface area contributed by atoms with Crippen LogP contribution in [-0.2, 0) is 19.4 Å². The van der Waals surface area contributed by atoms with Gasteiger partial charge in [0.1, 0.15) is 6.10 Å². The number of ether oxygens (including phenoxy) is 1. The van der Waals surface area contributed by atoms with Crippen LogP contribution in [0.15, 0.2) is 0 Å². The van der Waals surface area contributed by atoms with E-state index in [-0.39, 0.29) is 18.3 Å². The van der Waals surface area contributed by atoms with E-state index < -0.39 is 18.2 Å². The van der Waals surface area contributed by atoms with Crippen molar-refractivity contribution in [3.63, 3.8) is 0 Å². The number of aliphatic hydroxyl groups is 1. The van der Waals surface area contributed by atoms with Crippen LogP contribution < -0.4 is 0 Å². The molecule has 5 heteroatoms. The van der Waals surface area contributed by atoms with Gasteiger partial charge < -0.3 is 9.84 Å². The van der Waals surface area contributed by atoms with Gasteiger partial charge >= 0.3 is 11.9 Å². The predicted octanol–water partition coefficient (Wildman–Crippen LogP) is 3.94. The topological polar surface area (TPSA) is 83.5 Å². The molecule has 1 fully saturated rings. The smallest absolute Gasteiger partial charge is 0.355 e. The first-order valence-corrected chi connectivity index (χ1v) is 9.60. The van der Waals surface area contributed by atoms with Gasteiger partial charge in [0, 0.05) is 6.42 Å². The number of esters is 1. The highest BCUT2D eigenvalue weighted by Gasteiger charge is 2.32. The van der Waals surface area contributed by atoms with Gasteiger partial charge in [-0.15, -0.1) is 0 Å². The zero-order valence-electron chi connectivity index (χ0n) is 15.0. The fourth-order valence-corrected chi connectivity index (χ4v) is 3.39. The van der Waals surface area contributed by atoms with E-state index in [0.717, 1.165) is 19.3 Å². The second-order valence-electron chi connectivity index (χ2n) is 7.08. The molecular weight excluding hydrogens is 308 g/mol. The average molecular weight is 341 g/mol. The Morgan fingerprint density at radius 2 is 1.62 bits per heavy atom. The Bertz CT molecular complexity index is 369. The molecule has 5 nitrogen and oxygen atoms in total. The highest BCUT2D eigenvalue weighted by atomic mass is 16.6. The summed E-state index contributed by atoms with van der Waals surface area (Å²) in [4.78, 5) is 22.5. The summed E-state index contributed by atoms with van der Waals surface area (Å²) in [7, 11) is 0. The van der Waals surface area contributed by atoms with E-state index in [1.165, 1.54) is 32.1 Å². The summed E-state index contributed by atoms with van der Waals surface area (Å²) in [5, 5.41) is 20.6. The summed E-state index contributed by atoms with van der Waals surface area (Å²) >= 11 is 0. The van der Waals surface area contributed by atoms with Gasteiger partial charge in [-0.25, -0.2) is 9.90 Å². The van der Waals surface area contributed by atoms with E-state index in [1.54, 1.807) is 0 Å². The van der Waals surface area contributed by atoms with Crippen LogP contribution in [0.4, 0.5) is 0 Å². The normalized spacial score (nSPS) is 23.8. The molecule has 1 aliphatic rings. The molecule has 0 aliphatic heterocycles. The fraction of sp³-hybridized carbons (Fsp3) is 0.895. The zero-order valence-corrected chi connectivity index (χ0v) is 15.0. The summed E-state index contributed by atoms with van der Waals surface area (Å²) in [6.07, 6.45) is 10.1. The van der Waals surface area contributed by atoms with Crippen molar-refractivity contribution >= 4 is 11.9 Å². The molecule has 3 unspecified atom stereocenters. The molecule has 24 heavy (non-hydrogen) atoms. The largest absolute Gasteiger partial charge is 0.460 e. The van der Waals surface area contributed by atoms with Crippen LogP contribution in [0.2, 0.25) is 0 Å². The van der Waals surface area contributed by atoms with Gasteiger partial charge in [-0.2, -0.15) is 0 Å². The average Bonchev–Trinajstić information content (AvgIpc) is 2.52. The maximum absolute atomic E-state index is 11.9. The molecular formula is C19H33O5. The van der Waals surface area contributed by atoms with Gasteiger partial charge in [0.25, 0.3) is 0 Å². The summed E-state index contributed by atoms with van der Waals surface area (Å²) in [5.41, 5.74) is 0. The summed E-state index contributed by atoms with van der Waals surface area (Å²) in [6, 6.07) is 0. The third-order valence-electron chi connectivity index (χ3n) is 4.84. The van der Waals surface area contributed by atoms with Crippen LogP contribution in [0.3, 0.4) is 0 Å². The Hall–Kier alpha value is -1.10. The van der Waals surface area contributed by atoms with Crippen LogP contribution in [0.1, 0.15) is 90.4 Å². The standard InChI is InChI=1S/C19H33O5/c1-2-3-4-5-6-7-8-9-10-19(23)24-17-12-11-15(13-16(17)20)14-18(21)22/h15-17,20H,2-14H2,1H3. The highest BCUT2D eigenvalue weighted by molar-refractivity contribution is 5.69. The van der Waals surface area contributed by atoms with E-state index >= 15 is 0 Å². The summed E-state index contributed by atoms with van der Waals surface area (Å²) in [5.74, 6) is -1.41. The Morgan fingerprint density at radius 3 is 2.21 bits per heavy atom. The second kappa shape index (κ2) is 12.3. The van der Waals surface area contributed by atoms with Gasteiger partial charge in [-0.3, -0.25) is 4.79 Å². The van der Waals surface area contributed by atoms with Crippen molar-refractivity contribution in [1.29, 1.82) is 0 Å². The van der Waals surface area contributed by atoms with Crippen LogP contribution in [0.5, 0.6) is 0 Å². The molecule has 1 aliphatic carbocycles. The van der Waals surface area contributed by atoms with Crippen molar-refractivity contribution in [3.8, 4) is 0 Å². The second-order valence-corrected chi connectivity index (χ2v) is 7.08. The van der Waals surface area contributed by atoms with Gasteiger partial charge in [-0.1, -0.05) is 51.9 Å². The lowest BCUT2D eigenvalue weighted by atomic mass is 9.83. The molecule has 0 aromatic rings. The van der Waals surface area contributed by atoms with E-state index in [0.29, 0.717) is 25.7 Å². The van der Waals surface area contributed by atoms with Crippen molar-refractivity contribution in [2.75, 3.05) is 0 Å². The molecule has 139 valence electrons. The Kier molecular flexibility index (Phi) is 10.7. The van der Waals surface area contributed by atoms with E-state index in [4.69, 9.17) is 4.74 Å². The maximum Gasteiger partial charge on any atom is 0.355 e. The van der Waals surface area contributed by atoms with Gasteiger partial charge in [0.05, 0.1) is 12.5 Å². The quantitative estimate of drug-likeness (QED) is 0.430. The molecule has 0 bridgehead atoms. The minimum absolute atomic E-state index is 0.0318. The number of unbranched alkanes of at least 4 members (excludes halogenated alkanes) is 7. The molecule has 3 atom stereocenters. The number of aliphatic hydroxyl groups excluding tert-OH is 1. The Morgan fingerprint density at radius 1 is 1.00 bits per heavy atom. The first-order chi connectivity index (χ1) is 11.5. The molecule has 0 saturated heterocycles. The number of carbonyl (C=O) groups is 2. The maximum atomic E-state index is 11.9. The lowest BCUT2D eigenvalue weighted by molar-refractivity contribution is -0.160. The molecule has 0 aromatic heterocycles. The molecule has 0 heterocycles. The van der Waals surface area contributed by atoms with Gasteiger partial charge in [0.2, 0.25) is 0 Å². The fourth-order valence-electron chi connectivity index (χ4n) is 3.39. The lowest BCUT2D eigenvalue weighted by Crippen LogP contribution is -2.37. The summed E-state index contributed by atoms with van der Waals surface area (Å²) in [6.45, 7) is 2.21. The van der Waals surface area contributed by atoms with E-state index in [1.807, 2.05) is 0 Å². The molecule has 1 rings (SSSR count). The third-order valence-corrected chi connectivity index (χ3v) is 4.84. The first kappa shape index (κ1) is 20.9.